The first-order valence-electron chi connectivity index (χ1n) is 11.3. The van der Waals surface area contributed by atoms with E-state index in [1.54, 1.807) is 48.5 Å². The molecule has 12 heteroatoms. The van der Waals surface area contributed by atoms with E-state index in [-0.39, 0.29) is 11.4 Å². The number of carboxylic acids is 2. The van der Waals surface area contributed by atoms with Gasteiger partial charge < -0.3 is 26.0 Å². The molecule has 4 rings (SSSR count). The first-order chi connectivity index (χ1) is 18.1. The van der Waals surface area contributed by atoms with Crippen LogP contribution in [0.5, 0.6) is 5.75 Å². The van der Waals surface area contributed by atoms with Crippen molar-refractivity contribution < 1.29 is 42.5 Å². The Morgan fingerprint density at radius 1 is 0.974 bits per heavy atom. The lowest BCUT2D eigenvalue weighted by molar-refractivity contribution is -0.192. The lowest BCUT2D eigenvalue weighted by atomic mass is 9.91. The summed E-state index contributed by atoms with van der Waals surface area (Å²) < 4.78 is 37.7. The molecule has 0 saturated carbocycles. The molecule has 1 aliphatic rings. The van der Waals surface area contributed by atoms with E-state index in [0.29, 0.717) is 40.1 Å². The second kappa shape index (κ2) is 10.9. The number of hydrogen-bond donors (Lipinski definition) is 5. The quantitative estimate of drug-likeness (QED) is 0.225. The highest BCUT2D eigenvalue weighted by atomic mass is 19.4. The monoisotopic (exact) mass is 543 g/mol. The average Bonchev–Trinajstić information content (AvgIpc) is 3.16. The van der Waals surface area contributed by atoms with Gasteiger partial charge in [0.15, 0.2) is 0 Å². The number of aliphatic carboxylic acids is 1. The highest BCUT2D eigenvalue weighted by Gasteiger charge is 2.38. The molecule has 1 heterocycles. The van der Waals surface area contributed by atoms with Crippen LogP contribution >= 0.6 is 0 Å². The molecule has 204 valence electrons. The van der Waals surface area contributed by atoms with Crippen molar-refractivity contribution in [1.82, 2.24) is 0 Å². The van der Waals surface area contributed by atoms with Crippen molar-refractivity contribution in [2.45, 2.75) is 32.0 Å². The van der Waals surface area contributed by atoms with Gasteiger partial charge in [-0.15, -0.1) is 0 Å². The maximum atomic E-state index is 13.3. The minimum Gasteiger partial charge on any atom is -0.487 e. The van der Waals surface area contributed by atoms with Crippen LogP contribution in [-0.2, 0) is 11.2 Å². The zero-order chi connectivity index (χ0) is 29.1. The van der Waals surface area contributed by atoms with Crippen LogP contribution in [0.3, 0.4) is 0 Å². The number of amidine groups is 1. The zero-order valence-electron chi connectivity index (χ0n) is 20.7. The Labute approximate surface area is 220 Å². The topological polar surface area (TPSA) is 163 Å². The van der Waals surface area contributed by atoms with Gasteiger partial charge in [-0.3, -0.25) is 10.2 Å². The van der Waals surface area contributed by atoms with E-state index in [1.807, 2.05) is 19.9 Å². The number of halogens is 3. The Morgan fingerprint density at radius 2 is 1.56 bits per heavy atom. The van der Waals surface area contributed by atoms with E-state index in [1.165, 1.54) is 6.07 Å². The van der Waals surface area contributed by atoms with Crippen LogP contribution in [0.2, 0.25) is 0 Å². The predicted molar refractivity (Wildman–Crippen MR) is 136 cm³/mol. The number of ether oxygens (including phenoxy) is 1. The number of carbonyl (C=O) groups is 3. The highest BCUT2D eigenvalue weighted by Crippen LogP contribution is 2.40. The summed E-state index contributed by atoms with van der Waals surface area (Å²) in [6.07, 6.45) is -4.43. The van der Waals surface area contributed by atoms with Crippen LogP contribution in [0.15, 0.2) is 60.7 Å². The molecule has 3 aromatic rings. The molecule has 0 saturated heterocycles. The summed E-state index contributed by atoms with van der Waals surface area (Å²) in [5.41, 5.74) is 8.49. The van der Waals surface area contributed by atoms with E-state index in [2.05, 4.69) is 5.32 Å². The predicted octanol–water partition coefficient (Wildman–Crippen LogP) is 4.93. The van der Waals surface area contributed by atoms with Gasteiger partial charge in [-0.25, -0.2) is 9.59 Å². The molecule has 9 nitrogen and oxygen atoms in total. The Hall–Kier alpha value is -4.87. The largest absolute Gasteiger partial charge is 0.490 e. The first-order valence-corrected chi connectivity index (χ1v) is 11.3. The molecule has 39 heavy (non-hydrogen) atoms. The molecule has 0 aromatic heterocycles. The third kappa shape index (κ3) is 6.92. The summed E-state index contributed by atoms with van der Waals surface area (Å²) in [5.74, 6) is -3.67. The van der Waals surface area contributed by atoms with Gasteiger partial charge in [-0.1, -0.05) is 18.2 Å². The van der Waals surface area contributed by atoms with Crippen molar-refractivity contribution in [2.75, 3.05) is 5.32 Å². The molecule has 0 aliphatic carbocycles. The summed E-state index contributed by atoms with van der Waals surface area (Å²) in [4.78, 5) is 34.0. The van der Waals surface area contributed by atoms with Gasteiger partial charge in [0.2, 0.25) is 0 Å². The van der Waals surface area contributed by atoms with Crippen molar-refractivity contribution in [3.63, 3.8) is 0 Å². The maximum Gasteiger partial charge on any atom is 0.490 e. The fraction of sp³-hybridized carbons (Fsp3) is 0.185. The lowest BCUT2D eigenvalue weighted by Crippen LogP contribution is -2.24. The second-order valence-electron chi connectivity index (χ2n) is 9.14. The zero-order valence-corrected chi connectivity index (χ0v) is 20.7. The van der Waals surface area contributed by atoms with Gasteiger partial charge in [0.05, 0.1) is 11.1 Å². The molecule has 0 bridgehead atoms. The number of benzene rings is 3. The smallest absolute Gasteiger partial charge is 0.487 e. The standard InChI is InChI=1S/C25H23N3O4.C2HF3O2/c1-25(2)13-15-11-19(17-5-3-4-6-18(17)24(30)31)20(12-21(15)32-25)23(29)28-16-9-7-14(8-10-16)22(26)27;3-2(4,5)1(6)7/h3-12H,13H2,1-2H3,(H3,26,27)(H,28,29)(H,30,31);(H,6,7). The SMILES string of the molecule is CC1(C)Cc2cc(-c3ccccc3C(=O)O)c(C(=O)Nc3ccc(C(=N)N)cc3)cc2O1.O=C(O)C(F)(F)F. The van der Waals surface area contributed by atoms with Crippen molar-refractivity contribution in [1.29, 1.82) is 5.41 Å². The van der Waals surface area contributed by atoms with E-state index in [4.69, 9.17) is 25.8 Å². The number of fused-ring (bicyclic) bond motifs is 1. The normalized spacial score (nSPS) is 13.3. The van der Waals surface area contributed by atoms with Gasteiger partial charge >= 0.3 is 18.1 Å². The summed E-state index contributed by atoms with van der Waals surface area (Å²) in [6.45, 7) is 3.93. The third-order valence-electron chi connectivity index (χ3n) is 5.59. The number of amides is 1. The lowest BCUT2D eigenvalue weighted by Gasteiger charge is -2.17. The first kappa shape index (κ1) is 28.7. The Morgan fingerprint density at radius 3 is 2.10 bits per heavy atom. The number of carboxylic acid groups (broad SMARTS) is 2. The Balaban J connectivity index is 0.000000532. The van der Waals surface area contributed by atoms with Gasteiger partial charge in [-0.05, 0) is 73.0 Å². The molecule has 0 unspecified atom stereocenters. The fourth-order valence-corrected chi connectivity index (χ4v) is 3.90. The number of nitrogens with one attached hydrogen (secondary N) is 2. The molecule has 0 fully saturated rings. The molecular weight excluding hydrogens is 519 g/mol. The minimum atomic E-state index is -5.08. The molecule has 6 N–H and O–H groups in total. The third-order valence-corrected chi connectivity index (χ3v) is 5.59. The van der Waals surface area contributed by atoms with Crippen molar-refractivity contribution in [3.8, 4) is 16.9 Å². The summed E-state index contributed by atoms with van der Waals surface area (Å²) in [6, 6.07) is 16.8. The molecule has 1 aliphatic heterocycles. The molecule has 0 spiro atoms. The van der Waals surface area contributed by atoms with E-state index >= 15 is 0 Å². The van der Waals surface area contributed by atoms with Crippen LogP contribution in [0.25, 0.3) is 11.1 Å². The second-order valence-corrected chi connectivity index (χ2v) is 9.14. The number of nitrogen functional groups attached to an aromatic ring is 1. The van der Waals surface area contributed by atoms with E-state index in [0.717, 1.165) is 5.56 Å². The van der Waals surface area contributed by atoms with Crippen molar-refractivity contribution in [2.24, 2.45) is 5.73 Å². The minimum absolute atomic E-state index is 0.0613. The number of alkyl halides is 3. The number of rotatable bonds is 5. The maximum absolute atomic E-state index is 13.3. The van der Waals surface area contributed by atoms with Gasteiger partial charge in [0.1, 0.15) is 17.2 Å². The van der Waals surface area contributed by atoms with Gasteiger partial charge in [-0.2, -0.15) is 13.2 Å². The number of anilines is 1. The van der Waals surface area contributed by atoms with Crippen LogP contribution in [-0.4, -0.2) is 45.7 Å². The molecule has 1 amide bonds. The molecular formula is C27H24F3N3O6. The Kier molecular flexibility index (Phi) is 7.99. The fourth-order valence-electron chi connectivity index (χ4n) is 3.90. The van der Waals surface area contributed by atoms with Crippen LogP contribution < -0.4 is 15.8 Å². The summed E-state index contributed by atoms with van der Waals surface area (Å²) >= 11 is 0. The summed E-state index contributed by atoms with van der Waals surface area (Å²) in [7, 11) is 0. The van der Waals surface area contributed by atoms with Gasteiger partial charge in [0.25, 0.3) is 5.91 Å². The number of nitrogens with two attached hydrogens (primary N) is 1. The van der Waals surface area contributed by atoms with Crippen LogP contribution in [0.1, 0.15) is 45.7 Å². The number of hydrogen-bond acceptors (Lipinski definition) is 5. The molecule has 0 atom stereocenters. The van der Waals surface area contributed by atoms with Crippen LogP contribution in [0, 0.1) is 5.41 Å². The van der Waals surface area contributed by atoms with E-state index < -0.39 is 29.6 Å². The highest BCUT2D eigenvalue weighted by molar-refractivity contribution is 6.11. The van der Waals surface area contributed by atoms with Crippen molar-refractivity contribution in [3.05, 3.63) is 82.9 Å². The summed E-state index contributed by atoms with van der Waals surface area (Å²) in [5, 5.41) is 27.1. The molecule has 0 radical (unpaired) electrons. The number of carbonyl (C=O) groups excluding carboxylic acids is 1. The average molecular weight is 543 g/mol. The molecule has 3 aromatic carbocycles. The van der Waals surface area contributed by atoms with E-state index in [9.17, 15) is 27.9 Å². The number of aromatic carboxylic acids is 1. The van der Waals surface area contributed by atoms with Crippen molar-refractivity contribution >= 4 is 29.4 Å². The Bertz CT molecular complexity index is 1450. The van der Waals surface area contributed by atoms with Crippen LogP contribution in [0.4, 0.5) is 18.9 Å². The van der Waals surface area contributed by atoms with Gasteiger partial charge in [0, 0.05) is 17.7 Å².